The molecule has 4 aromatic rings. The summed E-state index contributed by atoms with van der Waals surface area (Å²) >= 11 is 0. The standard InChI is InChI=1S/C25H19F6N5O3/c1-12-8-36-11-14(5-16(22(36)32-12)24(26,27)28)13-6-19(37)21(20(7-13)39-23(38)25(29,30)31)18-4-3-17(33-34-18)15-9-35(2)10-15/h3-8,11,15,37H,9-10H2,1-2H3. The number of benzene rings is 1. The molecule has 1 aromatic carbocycles. The number of hydrogen-bond donors (Lipinski definition) is 1. The quantitative estimate of drug-likeness (QED) is 0.217. The third-order valence-corrected chi connectivity index (χ3v) is 6.25. The van der Waals surface area contributed by atoms with Gasteiger partial charge in [0.2, 0.25) is 0 Å². The first-order chi connectivity index (χ1) is 18.2. The molecule has 1 aliphatic heterocycles. The summed E-state index contributed by atoms with van der Waals surface area (Å²) in [6, 6.07) is 5.72. The third-order valence-electron chi connectivity index (χ3n) is 6.25. The lowest BCUT2D eigenvalue weighted by Gasteiger charge is -2.35. The number of halogens is 6. The monoisotopic (exact) mass is 551 g/mol. The molecule has 0 saturated carbocycles. The summed E-state index contributed by atoms with van der Waals surface area (Å²) in [6.07, 6.45) is -7.59. The highest BCUT2D eigenvalue weighted by Gasteiger charge is 2.42. The lowest BCUT2D eigenvalue weighted by atomic mass is 9.96. The number of pyridine rings is 1. The van der Waals surface area contributed by atoms with Crippen LogP contribution in [0.1, 0.15) is 22.9 Å². The maximum absolute atomic E-state index is 13.8. The number of likely N-dealkylation sites (tertiary alicyclic amines) is 1. The maximum atomic E-state index is 13.8. The van der Waals surface area contributed by atoms with Crippen LogP contribution in [0.15, 0.2) is 42.7 Å². The molecule has 0 atom stereocenters. The second-order valence-corrected chi connectivity index (χ2v) is 9.27. The molecule has 0 unspecified atom stereocenters. The molecular weight excluding hydrogens is 532 g/mol. The van der Waals surface area contributed by atoms with E-state index < -0.39 is 35.4 Å². The van der Waals surface area contributed by atoms with Crippen molar-refractivity contribution in [1.82, 2.24) is 24.5 Å². The van der Waals surface area contributed by atoms with Gasteiger partial charge in [-0.1, -0.05) is 0 Å². The minimum atomic E-state index is -5.38. The molecule has 5 rings (SSSR count). The zero-order valence-electron chi connectivity index (χ0n) is 20.3. The van der Waals surface area contributed by atoms with Gasteiger partial charge in [0.05, 0.1) is 22.5 Å². The van der Waals surface area contributed by atoms with Crippen LogP contribution in [0.3, 0.4) is 0 Å². The molecule has 0 aliphatic carbocycles. The normalized spacial score (nSPS) is 15.0. The summed E-state index contributed by atoms with van der Waals surface area (Å²) in [7, 11) is 1.92. The number of rotatable bonds is 4. The molecule has 0 amide bonds. The molecule has 1 saturated heterocycles. The molecule has 39 heavy (non-hydrogen) atoms. The van der Waals surface area contributed by atoms with Gasteiger partial charge in [-0.15, -0.1) is 5.10 Å². The van der Waals surface area contributed by atoms with Crippen molar-refractivity contribution in [3.05, 3.63) is 59.7 Å². The Labute approximate surface area is 216 Å². The predicted octanol–water partition coefficient (Wildman–Crippen LogP) is 4.99. The van der Waals surface area contributed by atoms with Crippen LogP contribution in [0, 0.1) is 6.92 Å². The van der Waals surface area contributed by atoms with Gasteiger partial charge in [-0.3, -0.25) is 0 Å². The Bertz CT molecular complexity index is 1570. The summed E-state index contributed by atoms with van der Waals surface area (Å²) in [5.74, 6) is -3.91. The first-order valence-corrected chi connectivity index (χ1v) is 11.5. The van der Waals surface area contributed by atoms with E-state index in [2.05, 4.69) is 19.9 Å². The smallest absolute Gasteiger partial charge is 0.491 e. The number of fused-ring (bicyclic) bond motifs is 1. The highest BCUT2D eigenvalue weighted by atomic mass is 19.4. The number of carbonyl (C=O) groups is 1. The van der Waals surface area contributed by atoms with Crippen LogP contribution in [-0.4, -0.2) is 61.9 Å². The van der Waals surface area contributed by atoms with Crippen LogP contribution in [0.4, 0.5) is 26.3 Å². The zero-order valence-corrected chi connectivity index (χ0v) is 20.3. The molecule has 0 bridgehead atoms. The molecule has 4 heterocycles. The molecule has 3 aromatic heterocycles. The van der Waals surface area contributed by atoms with Crippen molar-refractivity contribution in [1.29, 1.82) is 0 Å². The van der Waals surface area contributed by atoms with E-state index >= 15 is 0 Å². The molecule has 1 N–H and O–H groups in total. The Balaban J connectivity index is 1.64. The van der Waals surface area contributed by atoms with Crippen LogP contribution in [0.2, 0.25) is 0 Å². The van der Waals surface area contributed by atoms with Crippen molar-refractivity contribution >= 4 is 11.6 Å². The number of likely N-dealkylation sites (N-methyl/N-ethyl adjacent to an activating group) is 1. The number of aromatic hydroxyl groups is 1. The number of hydrogen-bond acceptors (Lipinski definition) is 7. The first kappa shape index (κ1) is 26.4. The molecule has 14 heteroatoms. The number of phenols is 1. The van der Waals surface area contributed by atoms with Crippen LogP contribution < -0.4 is 4.74 Å². The average Bonchev–Trinajstić information content (AvgIpc) is 3.20. The lowest BCUT2D eigenvalue weighted by molar-refractivity contribution is -0.189. The van der Waals surface area contributed by atoms with E-state index in [-0.39, 0.29) is 33.9 Å². The second kappa shape index (κ2) is 9.22. The summed E-state index contributed by atoms with van der Waals surface area (Å²) in [6.45, 7) is 2.98. The number of imidazole rings is 1. The molecule has 1 fully saturated rings. The van der Waals surface area contributed by atoms with Gasteiger partial charge in [0, 0.05) is 31.4 Å². The van der Waals surface area contributed by atoms with Gasteiger partial charge in [0.15, 0.2) is 0 Å². The van der Waals surface area contributed by atoms with Crippen LogP contribution in [0.25, 0.3) is 28.0 Å². The van der Waals surface area contributed by atoms with E-state index in [9.17, 15) is 36.2 Å². The molecule has 1 aliphatic rings. The van der Waals surface area contributed by atoms with E-state index in [4.69, 9.17) is 0 Å². The number of phenolic OH excluding ortho intramolecular Hbond substituents is 1. The van der Waals surface area contributed by atoms with Gasteiger partial charge in [0.1, 0.15) is 22.8 Å². The summed E-state index contributed by atoms with van der Waals surface area (Å²) in [5, 5.41) is 18.9. The predicted molar refractivity (Wildman–Crippen MR) is 125 cm³/mol. The molecular formula is C25H19F6N5O3. The fraction of sp³-hybridized carbons (Fsp3) is 0.280. The topological polar surface area (TPSA) is 92.9 Å². The Morgan fingerprint density at radius 3 is 2.33 bits per heavy atom. The van der Waals surface area contributed by atoms with E-state index in [1.165, 1.54) is 25.4 Å². The summed E-state index contributed by atoms with van der Waals surface area (Å²) < 4.78 is 86.3. The highest BCUT2D eigenvalue weighted by molar-refractivity contribution is 5.85. The number of aryl methyl sites for hydroxylation is 1. The molecule has 0 radical (unpaired) electrons. The van der Waals surface area contributed by atoms with Gasteiger partial charge >= 0.3 is 18.3 Å². The summed E-state index contributed by atoms with van der Waals surface area (Å²) in [5.41, 5.74) is -1.31. The van der Waals surface area contributed by atoms with Gasteiger partial charge in [0.25, 0.3) is 0 Å². The van der Waals surface area contributed by atoms with Crippen LogP contribution in [-0.2, 0) is 11.0 Å². The molecule has 0 spiro atoms. The van der Waals surface area contributed by atoms with Crippen LogP contribution in [0.5, 0.6) is 11.5 Å². The first-order valence-electron chi connectivity index (χ1n) is 11.5. The molecule has 8 nitrogen and oxygen atoms in total. The SMILES string of the molecule is Cc1cn2cc(-c3cc(O)c(-c4ccc(C5CN(C)C5)nn4)c(OC(=O)C(F)(F)F)c3)cc(C(F)(F)F)c2n1. The fourth-order valence-electron chi connectivity index (χ4n) is 4.43. The second-order valence-electron chi connectivity index (χ2n) is 9.27. The lowest BCUT2D eigenvalue weighted by Crippen LogP contribution is -2.42. The van der Waals surface area contributed by atoms with Crippen molar-refractivity contribution in [3.63, 3.8) is 0 Å². The third kappa shape index (κ3) is 5.11. The Hall–Kier alpha value is -4.20. The Morgan fingerprint density at radius 1 is 1.03 bits per heavy atom. The maximum Gasteiger partial charge on any atom is 0.491 e. The van der Waals surface area contributed by atoms with Crippen LogP contribution >= 0.6 is 0 Å². The Kier molecular flexibility index (Phi) is 6.24. The van der Waals surface area contributed by atoms with E-state index in [0.717, 1.165) is 35.7 Å². The van der Waals surface area contributed by atoms with E-state index in [1.54, 1.807) is 6.07 Å². The largest absolute Gasteiger partial charge is 0.507 e. The minimum Gasteiger partial charge on any atom is -0.507 e. The van der Waals surface area contributed by atoms with Crippen molar-refractivity contribution in [2.75, 3.05) is 20.1 Å². The van der Waals surface area contributed by atoms with Crippen molar-refractivity contribution in [3.8, 4) is 33.9 Å². The number of nitrogens with zero attached hydrogens (tertiary/aromatic N) is 5. The van der Waals surface area contributed by atoms with Gasteiger partial charge in [-0.2, -0.15) is 31.4 Å². The Morgan fingerprint density at radius 2 is 1.74 bits per heavy atom. The summed E-state index contributed by atoms with van der Waals surface area (Å²) in [4.78, 5) is 17.7. The van der Waals surface area contributed by atoms with Crippen molar-refractivity contribution < 1.29 is 41.0 Å². The minimum absolute atomic E-state index is 0.0999. The van der Waals surface area contributed by atoms with Gasteiger partial charge < -0.3 is 19.1 Å². The number of aromatic nitrogens is 4. The zero-order chi connectivity index (χ0) is 28.3. The van der Waals surface area contributed by atoms with E-state index in [0.29, 0.717) is 11.4 Å². The number of esters is 1. The number of alkyl halides is 6. The average molecular weight is 551 g/mol. The van der Waals surface area contributed by atoms with E-state index in [1.807, 2.05) is 11.9 Å². The van der Waals surface area contributed by atoms with Gasteiger partial charge in [-0.05, 0) is 55.4 Å². The highest BCUT2D eigenvalue weighted by Crippen LogP contribution is 2.43. The van der Waals surface area contributed by atoms with Crippen molar-refractivity contribution in [2.45, 2.75) is 25.2 Å². The number of carbonyl (C=O) groups excluding carboxylic acids is 1. The van der Waals surface area contributed by atoms with Gasteiger partial charge in [-0.25, -0.2) is 9.78 Å². The number of ether oxygens (including phenoxy) is 1. The van der Waals surface area contributed by atoms with Crippen molar-refractivity contribution in [2.24, 2.45) is 0 Å². The fourth-order valence-corrected chi connectivity index (χ4v) is 4.43. The molecule has 204 valence electrons.